The molecule has 0 saturated carbocycles. The summed E-state index contributed by atoms with van der Waals surface area (Å²) < 4.78 is 0.978. The van der Waals surface area contributed by atoms with Crippen LogP contribution in [0.15, 0.2) is 34.9 Å². The van der Waals surface area contributed by atoms with Crippen LogP contribution in [0.5, 0.6) is 0 Å². The molecular weight excluding hydrogens is 298 g/mol. The maximum Gasteiger partial charge on any atom is 0.114 e. The number of pyridine rings is 1. The number of nitrogens with zero attached hydrogens (tertiary/aromatic N) is 1. The second-order valence-corrected chi connectivity index (χ2v) is 5.89. The van der Waals surface area contributed by atoms with Gasteiger partial charge in [-0.1, -0.05) is 63.3 Å². The van der Waals surface area contributed by atoms with Gasteiger partial charge in [0.15, 0.2) is 0 Å². The number of halogens is 1. The zero-order valence-electron chi connectivity index (χ0n) is 11.7. The summed E-state index contributed by atoms with van der Waals surface area (Å²) in [6.45, 7) is 2.26. The second kappa shape index (κ2) is 7.64. The van der Waals surface area contributed by atoms with Gasteiger partial charge >= 0.3 is 0 Å². The molecule has 1 heterocycles. The third kappa shape index (κ3) is 4.31. The van der Waals surface area contributed by atoms with Crippen LogP contribution in [0.2, 0.25) is 0 Å². The van der Waals surface area contributed by atoms with Crippen LogP contribution < -0.4 is 0 Å². The Kier molecular flexibility index (Phi) is 5.84. The standard InChI is InChI=1S/C17H22BrN/c1-2-3-4-5-6-7-11-15-13-14-10-8-9-12-16(14)17(18)19-15/h8-10,12-13H,2-7,11H2,1H3. The van der Waals surface area contributed by atoms with E-state index in [4.69, 9.17) is 0 Å². The van der Waals surface area contributed by atoms with Gasteiger partial charge in [0.2, 0.25) is 0 Å². The Hall–Kier alpha value is -0.890. The zero-order chi connectivity index (χ0) is 13.5. The summed E-state index contributed by atoms with van der Waals surface area (Å²) in [7, 11) is 0. The van der Waals surface area contributed by atoms with Crippen LogP contribution in [0.3, 0.4) is 0 Å². The molecule has 0 bridgehead atoms. The third-order valence-corrected chi connectivity index (χ3v) is 4.14. The number of hydrogen-bond donors (Lipinski definition) is 0. The first-order valence-electron chi connectivity index (χ1n) is 7.35. The predicted octanol–water partition coefficient (Wildman–Crippen LogP) is 5.90. The molecule has 0 amide bonds. The number of benzene rings is 1. The molecule has 102 valence electrons. The summed E-state index contributed by atoms with van der Waals surface area (Å²) in [4.78, 5) is 4.65. The van der Waals surface area contributed by atoms with Gasteiger partial charge in [0.25, 0.3) is 0 Å². The SMILES string of the molecule is CCCCCCCCc1cc2ccccc2c(Br)n1. The van der Waals surface area contributed by atoms with Gasteiger partial charge in [-0.05, 0) is 40.2 Å². The van der Waals surface area contributed by atoms with E-state index in [2.05, 4.69) is 58.2 Å². The van der Waals surface area contributed by atoms with E-state index < -0.39 is 0 Å². The van der Waals surface area contributed by atoms with Gasteiger partial charge in [-0.25, -0.2) is 4.98 Å². The first-order valence-corrected chi connectivity index (χ1v) is 8.14. The topological polar surface area (TPSA) is 12.9 Å². The van der Waals surface area contributed by atoms with Crippen LogP contribution in [-0.4, -0.2) is 4.98 Å². The molecule has 1 nitrogen and oxygen atoms in total. The Morgan fingerprint density at radius 2 is 1.74 bits per heavy atom. The maximum atomic E-state index is 4.65. The Morgan fingerprint density at radius 1 is 1.00 bits per heavy atom. The highest BCUT2D eigenvalue weighted by Gasteiger charge is 2.03. The fourth-order valence-corrected chi connectivity index (χ4v) is 3.01. The lowest BCUT2D eigenvalue weighted by molar-refractivity contribution is 0.604. The smallest absolute Gasteiger partial charge is 0.114 e. The molecule has 0 aliphatic heterocycles. The summed E-state index contributed by atoms with van der Waals surface area (Å²) in [6.07, 6.45) is 9.11. The van der Waals surface area contributed by atoms with Crippen molar-refractivity contribution in [3.05, 3.63) is 40.6 Å². The predicted molar refractivity (Wildman–Crippen MR) is 86.5 cm³/mol. The molecule has 0 unspecified atom stereocenters. The minimum atomic E-state index is 0.978. The number of unbranched alkanes of at least 4 members (excludes halogenated alkanes) is 5. The Morgan fingerprint density at radius 3 is 2.58 bits per heavy atom. The molecule has 2 rings (SSSR count). The van der Waals surface area contributed by atoms with Crippen LogP contribution in [0.25, 0.3) is 10.8 Å². The van der Waals surface area contributed by atoms with Gasteiger partial charge in [0.05, 0.1) is 0 Å². The largest absolute Gasteiger partial charge is 0.245 e. The van der Waals surface area contributed by atoms with Crippen molar-refractivity contribution in [3.8, 4) is 0 Å². The monoisotopic (exact) mass is 319 g/mol. The van der Waals surface area contributed by atoms with E-state index in [1.165, 1.54) is 55.0 Å². The maximum absolute atomic E-state index is 4.65. The van der Waals surface area contributed by atoms with Gasteiger partial charge in [-0.2, -0.15) is 0 Å². The summed E-state index contributed by atoms with van der Waals surface area (Å²) in [5.74, 6) is 0. The minimum Gasteiger partial charge on any atom is -0.245 e. The normalized spacial score (nSPS) is 11.1. The Balaban J connectivity index is 1.90. The van der Waals surface area contributed by atoms with E-state index in [1.807, 2.05) is 0 Å². The summed E-state index contributed by atoms with van der Waals surface area (Å²) in [6, 6.07) is 10.6. The highest BCUT2D eigenvalue weighted by molar-refractivity contribution is 9.10. The van der Waals surface area contributed by atoms with Gasteiger partial charge in [0.1, 0.15) is 4.60 Å². The van der Waals surface area contributed by atoms with Crippen molar-refractivity contribution < 1.29 is 0 Å². The molecule has 2 aromatic rings. The molecule has 1 aromatic carbocycles. The molecule has 0 aliphatic carbocycles. The van der Waals surface area contributed by atoms with Crippen LogP contribution in [0, 0.1) is 0 Å². The molecule has 0 atom stereocenters. The molecule has 19 heavy (non-hydrogen) atoms. The fraction of sp³-hybridized carbons (Fsp3) is 0.471. The average molecular weight is 320 g/mol. The molecule has 0 fully saturated rings. The third-order valence-electron chi connectivity index (χ3n) is 3.53. The number of fused-ring (bicyclic) bond motifs is 1. The van der Waals surface area contributed by atoms with Gasteiger partial charge in [-0.15, -0.1) is 0 Å². The van der Waals surface area contributed by atoms with Crippen LogP contribution in [0.1, 0.15) is 51.1 Å². The lowest BCUT2D eigenvalue weighted by Gasteiger charge is -2.05. The van der Waals surface area contributed by atoms with Gasteiger partial charge in [-0.3, -0.25) is 0 Å². The molecule has 0 N–H and O–H groups in total. The molecule has 0 saturated heterocycles. The van der Waals surface area contributed by atoms with E-state index in [1.54, 1.807) is 0 Å². The highest BCUT2D eigenvalue weighted by atomic mass is 79.9. The van der Waals surface area contributed by atoms with Crippen molar-refractivity contribution in [1.82, 2.24) is 4.98 Å². The minimum absolute atomic E-state index is 0.978. The molecule has 1 aromatic heterocycles. The van der Waals surface area contributed by atoms with E-state index in [-0.39, 0.29) is 0 Å². The van der Waals surface area contributed by atoms with Gasteiger partial charge in [0, 0.05) is 11.1 Å². The average Bonchev–Trinajstić information content (AvgIpc) is 2.43. The van der Waals surface area contributed by atoms with Crippen molar-refractivity contribution in [2.45, 2.75) is 51.9 Å². The summed E-state index contributed by atoms with van der Waals surface area (Å²) in [5.41, 5.74) is 1.21. The quantitative estimate of drug-likeness (QED) is 0.457. The molecule has 0 aliphatic rings. The number of rotatable bonds is 7. The van der Waals surface area contributed by atoms with Crippen LogP contribution in [0.4, 0.5) is 0 Å². The molecule has 0 spiro atoms. The van der Waals surface area contributed by atoms with Gasteiger partial charge < -0.3 is 0 Å². The first-order chi connectivity index (χ1) is 9.31. The van der Waals surface area contributed by atoms with E-state index >= 15 is 0 Å². The molecular formula is C17H22BrN. The van der Waals surface area contributed by atoms with Crippen molar-refractivity contribution >= 4 is 26.7 Å². The van der Waals surface area contributed by atoms with Crippen LogP contribution in [-0.2, 0) is 6.42 Å². The summed E-state index contributed by atoms with van der Waals surface area (Å²) in [5, 5.41) is 2.49. The van der Waals surface area contributed by atoms with E-state index in [9.17, 15) is 0 Å². The number of hydrogen-bond acceptors (Lipinski definition) is 1. The number of aryl methyl sites for hydroxylation is 1. The van der Waals surface area contributed by atoms with Crippen molar-refractivity contribution in [2.75, 3.05) is 0 Å². The van der Waals surface area contributed by atoms with E-state index in [0.29, 0.717) is 0 Å². The van der Waals surface area contributed by atoms with Crippen molar-refractivity contribution in [2.24, 2.45) is 0 Å². The Bertz CT molecular complexity index is 522. The van der Waals surface area contributed by atoms with Crippen LogP contribution >= 0.6 is 15.9 Å². The highest BCUT2D eigenvalue weighted by Crippen LogP contribution is 2.23. The zero-order valence-corrected chi connectivity index (χ0v) is 13.2. The lowest BCUT2D eigenvalue weighted by atomic mass is 10.1. The fourth-order valence-electron chi connectivity index (χ4n) is 2.42. The lowest BCUT2D eigenvalue weighted by Crippen LogP contribution is -1.92. The van der Waals surface area contributed by atoms with E-state index in [0.717, 1.165) is 11.0 Å². The van der Waals surface area contributed by atoms with Crippen molar-refractivity contribution in [3.63, 3.8) is 0 Å². The summed E-state index contributed by atoms with van der Waals surface area (Å²) >= 11 is 3.58. The molecule has 2 heteroatoms. The number of aromatic nitrogens is 1. The van der Waals surface area contributed by atoms with Crippen molar-refractivity contribution in [1.29, 1.82) is 0 Å². The second-order valence-electron chi connectivity index (χ2n) is 5.14. The first kappa shape index (κ1) is 14.5. The Labute approximate surface area is 124 Å². The molecule has 0 radical (unpaired) electrons.